The Morgan fingerprint density at radius 2 is 1.04 bits per heavy atom. The second-order valence-corrected chi connectivity index (χ2v) is 15.2. The number of carboxylic acids is 1. The van der Waals surface area contributed by atoms with Crippen LogP contribution in [-0.2, 0) is 28.6 Å². The smallest absolute Gasteiger partial charge is 0.362 e. The average Bonchev–Trinajstić information content (AvgIpc) is 3.14. The Kier molecular flexibility index (Phi) is 35.5. The molecule has 0 aromatic rings. The number of hydrogen-bond donors (Lipinski definition) is 1. The van der Waals surface area contributed by atoms with Gasteiger partial charge in [0.1, 0.15) is 6.61 Å². The number of carbonyl (C=O) groups is 3. The number of likely N-dealkylation sites (N-methyl/N-ethyl adjacent to an activating group) is 1. The second kappa shape index (κ2) is 37.7. The molecule has 2 unspecified atom stereocenters. The van der Waals surface area contributed by atoms with Gasteiger partial charge in [0.25, 0.3) is 0 Å². The molecule has 0 aliphatic heterocycles. The summed E-state index contributed by atoms with van der Waals surface area (Å²) in [5.74, 6) is -1.56. The SMILES string of the molecule is CC/C=C/C/C=C/CCCCCCCCCC(=O)OCC(COCCC(C(=O)O)[N+](C)(C)C)OC(=O)CCC/C=C/C/C=C/C/C=C/C/C=C/CCCCC. The summed E-state index contributed by atoms with van der Waals surface area (Å²) in [4.78, 5) is 36.9. The van der Waals surface area contributed by atoms with Gasteiger partial charge in [-0.15, -0.1) is 0 Å². The number of hydrogen-bond acceptors (Lipinski definition) is 6. The number of rotatable bonds is 37. The summed E-state index contributed by atoms with van der Waals surface area (Å²) in [6, 6.07) is -0.628. The van der Waals surface area contributed by atoms with Gasteiger partial charge in [0, 0.05) is 19.3 Å². The molecule has 0 aromatic carbocycles. The van der Waals surface area contributed by atoms with Crippen molar-refractivity contribution in [3.8, 4) is 0 Å². The van der Waals surface area contributed by atoms with Crippen molar-refractivity contribution in [2.75, 3.05) is 41.0 Å². The molecule has 0 heterocycles. The average molecular weight is 771 g/mol. The standard InChI is InChI=1S/C47H79NO7/c1-6-8-10-12-14-16-18-20-22-23-24-26-28-30-32-34-36-38-46(50)55-43(41-53-40-39-44(47(51)52)48(3,4)5)42-54-45(49)37-35-33-31-29-27-25-21-19-17-15-13-11-9-7-2/h9,11,14-17,20,22,24,26,30,32,43-44H,6-8,10,12-13,18-19,21,23,25,27-29,31,33-42H2,1-5H3/p+1/b11-9+,16-14+,17-15+,22-20+,26-24+,32-30+. The molecule has 0 spiro atoms. The van der Waals surface area contributed by atoms with Gasteiger partial charge >= 0.3 is 17.9 Å². The highest BCUT2D eigenvalue weighted by Gasteiger charge is 2.31. The van der Waals surface area contributed by atoms with Crippen molar-refractivity contribution < 1.29 is 38.2 Å². The van der Waals surface area contributed by atoms with Crippen molar-refractivity contribution >= 4 is 17.9 Å². The number of esters is 2. The van der Waals surface area contributed by atoms with Gasteiger partial charge < -0.3 is 23.8 Å². The highest BCUT2D eigenvalue weighted by molar-refractivity contribution is 5.72. The van der Waals surface area contributed by atoms with Gasteiger partial charge in [0.15, 0.2) is 12.1 Å². The molecule has 0 amide bonds. The fourth-order valence-corrected chi connectivity index (χ4v) is 5.77. The Bertz CT molecular complexity index is 1130. The fraction of sp³-hybridized carbons (Fsp3) is 0.681. The first-order chi connectivity index (χ1) is 26.6. The zero-order chi connectivity index (χ0) is 40.7. The van der Waals surface area contributed by atoms with Crippen LogP contribution in [0.15, 0.2) is 72.9 Å². The van der Waals surface area contributed by atoms with Crippen LogP contribution in [0.5, 0.6) is 0 Å². The molecule has 0 saturated heterocycles. The van der Waals surface area contributed by atoms with Gasteiger partial charge in [-0.1, -0.05) is 132 Å². The molecule has 0 rings (SSSR count). The Hall–Kier alpha value is -3.23. The van der Waals surface area contributed by atoms with E-state index in [0.717, 1.165) is 64.2 Å². The minimum Gasteiger partial charge on any atom is -0.477 e. The largest absolute Gasteiger partial charge is 0.477 e. The third kappa shape index (κ3) is 36.2. The minimum absolute atomic E-state index is 0.0331. The van der Waals surface area contributed by atoms with Crippen LogP contribution in [0.4, 0.5) is 0 Å². The fourth-order valence-electron chi connectivity index (χ4n) is 5.77. The Morgan fingerprint density at radius 3 is 1.56 bits per heavy atom. The predicted molar refractivity (Wildman–Crippen MR) is 229 cm³/mol. The van der Waals surface area contributed by atoms with Crippen LogP contribution >= 0.6 is 0 Å². The van der Waals surface area contributed by atoms with Crippen LogP contribution in [0.25, 0.3) is 0 Å². The molecule has 8 heteroatoms. The molecular weight excluding hydrogens is 691 g/mol. The third-order valence-electron chi connectivity index (χ3n) is 9.09. The third-order valence-corrected chi connectivity index (χ3v) is 9.09. The summed E-state index contributed by atoms with van der Waals surface area (Å²) in [6.07, 6.45) is 46.6. The predicted octanol–water partition coefficient (Wildman–Crippen LogP) is 11.6. The van der Waals surface area contributed by atoms with Gasteiger partial charge in [0.05, 0.1) is 34.4 Å². The molecule has 0 aliphatic rings. The normalized spacial score (nSPS) is 13.7. The summed E-state index contributed by atoms with van der Waals surface area (Å²) in [7, 11) is 5.49. The van der Waals surface area contributed by atoms with Crippen molar-refractivity contribution in [2.45, 2.75) is 167 Å². The molecule has 55 heavy (non-hydrogen) atoms. The van der Waals surface area contributed by atoms with Crippen LogP contribution in [0.3, 0.4) is 0 Å². The number of carbonyl (C=O) groups excluding carboxylic acids is 2. The Balaban J connectivity index is 4.49. The highest BCUT2D eigenvalue weighted by Crippen LogP contribution is 2.12. The van der Waals surface area contributed by atoms with Crippen molar-refractivity contribution in [1.29, 1.82) is 0 Å². The first kappa shape index (κ1) is 51.8. The minimum atomic E-state index is -0.888. The number of allylic oxidation sites excluding steroid dienone is 12. The van der Waals surface area contributed by atoms with Crippen LogP contribution in [0.1, 0.15) is 155 Å². The molecule has 0 saturated carbocycles. The lowest BCUT2D eigenvalue weighted by molar-refractivity contribution is -0.887. The summed E-state index contributed by atoms with van der Waals surface area (Å²) < 4.78 is 17.2. The van der Waals surface area contributed by atoms with Crippen LogP contribution < -0.4 is 0 Å². The molecule has 0 fully saturated rings. The van der Waals surface area contributed by atoms with Crippen LogP contribution in [-0.4, -0.2) is 80.6 Å². The zero-order valence-electron chi connectivity index (χ0n) is 35.6. The Labute approximate surface area is 336 Å². The molecule has 0 radical (unpaired) electrons. The number of carboxylic acid groups (broad SMARTS) is 1. The lowest BCUT2D eigenvalue weighted by Crippen LogP contribution is -2.50. The van der Waals surface area contributed by atoms with Gasteiger partial charge in [-0.05, 0) is 77.0 Å². The van der Waals surface area contributed by atoms with E-state index in [9.17, 15) is 19.5 Å². The monoisotopic (exact) mass is 771 g/mol. The zero-order valence-corrected chi connectivity index (χ0v) is 35.6. The number of aliphatic carboxylic acids is 1. The van der Waals surface area contributed by atoms with Crippen LogP contribution in [0.2, 0.25) is 0 Å². The van der Waals surface area contributed by atoms with E-state index in [1.165, 1.54) is 51.4 Å². The second-order valence-electron chi connectivity index (χ2n) is 15.2. The quantitative estimate of drug-likeness (QED) is 0.0291. The summed E-state index contributed by atoms with van der Waals surface area (Å²) in [5, 5.41) is 9.61. The van der Waals surface area contributed by atoms with Gasteiger partial charge in [0.2, 0.25) is 0 Å². The number of ether oxygens (including phenoxy) is 3. The van der Waals surface area contributed by atoms with E-state index in [2.05, 4.69) is 86.8 Å². The summed E-state index contributed by atoms with van der Waals surface area (Å²) in [5.41, 5.74) is 0. The maximum Gasteiger partial charge on any atom is 0.362 e. The molecule has 0 bridgehead atoms. The van der Waals surface area contributed by atoms with Crippen LogP contribution in [0, 0.1) is 0 Å². The van der Waals surface area contributed by atoms with Gasteiger partial charge in [-0.25, -0.2) is 4.79 Å². The van der Waals surface area contributed by atoms with Crippen molar-refractivity contribution in [1.82, 2.24) is 0 Å². The van der Waals surface area contributed by atoms with Gasteiger partial charge in [-0.2, -0.15) is 0 Å². The summed E-state index contributed by atoms with van der Waals surface area (Å²) >= 11 is 0. The first-order valence-corrected chi connectivity index (χ1v) is 21.5. The molecule has 1 N–H and O–H groups in total. The Morgan fingerprint density at radius 1 is 0.564 bits per heavy atom. The maximum atomic E-state index is 12.7. The lowest BCUT2D eigenvalue weighted by atomic mass is 10.1. The molecule has 0 aliphatic carbocycles. The van der Waals surface area contributed by atoms with E-state index in [0.29, 0.717) is 19.3 Å². The van der Waals surface area contributed by atoms with E-state index >= 15 is 0 Å². The number of quaternary nitrogens is 1. The first-order valence-electron chi connectivity index (χ1n) is 21.5. The van der Waals surface area contributed by atoms with Crippen molar-refractivity contribution in [3.05, 3.63) is 72.9 Å². The van der Waals surface area contributed by atoms with E-state index < -0.39 is 18.1 Å². The molecule has 8 nitrogen and oxygen atoms in total. The highest BCUT2D eigenvalue weighted by atomic mass is 16.6. The topological polar surface area (TPSA) is 99.1 Å². The van der Waals surface area contributed by atoms with Gasteiger partial charge in [-0.3, -0.25) is 9.59 Å². The van der Waals surface area contributed by atoms with E-state index in [4.69, 9.17) is 14.2 Å². The van der Waals surface area contributed by atoms with E-state index in [-0.39, 0.29) is 42.7 Å². The number of nitrogens with zero attached hydrogens (tertiary/aromatic N) is 1. The van der Waals surface area contributed by atoms with Crippen molar-refractivity contribution in [2.24, 2.45) is 0 Å². The maximum absolute atomic E-state index is 12.7. The molecule has 2 atom stereocenters. The summed E-state index contributed by atoms with van der Waals surface area (Å²) in [6.45, 7) is 4.52. The van der Waals surface area contributed by atoms with Crippen molar-refractivity contribution in [3.63, 3.8) is 0 Å². The number of unbranched alkanes of at least 4 members (excludes halogenated alkanes) is 11. The van der Waals surface area contributed by atoms with E-state index in [1.54, 1.807) is 0 Å². The van der Waals surface area contributed by atoms with E-state index in [1.807, 2.05) is 21.1 Å². The molecule has 314 valence electrons. The molecular formula is C47H80NO7+. The molecule has 0 aromatic heterocycles. The lowest BCUT2D eigenvalue weighted by Gasteiger charge is -2.31.